The van der Waals surface area contributed by atoms with Crippen LogP contribution in [0.1, 0.15) is 117 Å². The van der Waals surface area contributed by atoms with E-state index in [-0.39, 0.29) is 37.7 Å². The molecule has 0 atom stereocenters. The van der Waals surface area contributed by atoms with Gasteiger partial charge in [0, 0.05) is 64.4 Å². The number of carbonyl (C=O) groups is 5. The minimum atomic E-state index is -0.791. The molecule has 15 heteroatoms. The highest BCUT2D eigenvalue weighted by atomic mass is 16.6. The molecule has 0 aliphatic rings. The van der Waals surface area contributed by atoms with E-state index in [1.807, 2.05) is 24.3 Å². The van der Waals surface area contributed by atoms with Crippen LogP contribution in [0.5, 0.6) is 11.5 Å². The molecule has 0 N–H and O–H groups in total. The SMILES string of the molecule is C=C(C)C(=O)OCCCCCCC(=O)OCCOCCCCOCCOc1cccc(OC)c1.CCCOCCCCOCCOC(=O)CCCCCCOC(=O)C(C)=O. The zero-order chi connectivity index (χ0) is 44.3. The summed E-state index contributed by atoms with van der Waals surface area (Å²) in [4.78, 5) is 56.0. The third-order valence-electron chi connectivity index (χ3n) is 8.17. The van der Waals surface area contributed by atoms with Gasteiger partial charge in [0.05, 0.1) is 40.1 Å². The lowest BCUT2D eigenvalue weighted by Gasteiger charge is -2.09. The van der Waals surface area contributed by atoms with Crippen LogP contribution in [0.4, 0.5) is 0 Å². The van der Waals surface area contributed by atoms with E-state index in [0.29, 0.717) is 77.7 Å². The van der Waals surface area contributed by atoms with Crippen molar-refractivity contribution in [2.45, 2.75) is 117 Å². The summed E-state index contributed by atoms with van der Waals surface area (Å²) in [5, 5.41) is 0. The Morgan fingerprint density at radius 1 is 0.483 bits per heavy atom. The second kappa shape index (κ2) is 41.7. The Morgan fingerprint density at radius 2 is 0.917 bits per heavy atom. The van der Waals surface area contributed by atoms with E-state index in [2.05, 4.69) is 13.5 Å². The van der Waals surface area contributed by atoms with Crippen LogP contribution in [0.25, 0.3) is 0 Å². The molecule has 0 spiro atoms. The summed E-state index contributed by atoms with van der Waals surface area (Å²) in [6.45, 7) is 14.9. The quantitative estimate of drug-likeness (QED) is 0.0211. The summed E-state index contributed by atoms with van der Waals surface area (Å²) in [7, 11) is 1.62. The molecule has 0 aliphatic heterocycles. The van der Waals surface area contributed by atoms with Crippen LogP contribution < -0.4 is 9.47 Å². The molecule has 60 heavy (non-hydrogen) atoms. The Morgan fingerprint density at radius 3 is 1.38 bits per heavy atom. The second-order valence-electron chi connectivity index (χ2n) is 13.8. The Bertz CT molecular complexity index is 1270. The number of ketones is 1. The van der Waals surface area contributed by atoms with Crippen LogP contribution in [0.3, 0.4) is 0 Å². The van der Waals surface area contributed by atoms with E-state index in [9.17, 15) is 24.0 Å². The molecule has 1 aromatic rings. The van der Waals surface area contributed by atoms with Crippen LogP contribution in [0.2, 0.25) is 0 Å². The van der Waals surface area contributed by atoms with Crippen LogP contribution >= 0.6 is 0 Å². The van der Waals surface area contributed by atoms with Gasteiger partial charge in [-0.1, -0.05) is 45.3 Å². The third kappa shape index (κ3) is 38.2. The number of unbranched alkanes of at least 4 members (excludes halogenated alkanes) is 8. The van der Waals surface area contributed by atoms with Crippen LogP contribution in [-0.4, -0.2) is 123 Å². The molecule has 1 aromatic carbocycles. The molecule has 0 amide bonds. The molecule has 0 saturated heterocycles. The Hall–Kier alpha value is -4.05. The lowest BCUT2D eigenvalue weighted by atomic mass is 10.1. The number of benzene rings is 1. The van der Waals surface area contributed by atoms with Crippen molar-refractivity contribution in [1.82, 2.24) is 0 Å². The van der Waals surface area contributed by atoms with Crippen molar-refractivity contribution in [2.24, 2.45) is 0 Å². The van der Waals surface area contributed by atoms with Crippen LogP contribution in [0, 0.1) is 0 Å². The summed E-state index contributed by atoms with van der Waals surface area (Å²) in [6.07, 6.45) is 12.0. The average Bonchev–Trinajstić information content (AvgIpc) is 3.24. The van der Waals surface area contributed by atoms with Crippen LogP contribution in [-0.2, 0) is 61.9 Å². The number of carbonyl (C=O) groups excluding carboxylic acids is 5. The number of rotatable bonds is 39. The van der Waals surface area contributed by atoms with Gasteiger partial charge in [0.1, 0.15) is 31.3 Å². The minimum absolute atomic E-state index is 0.207. The number of ether oxygens (including phenoxy) is 10. The first-order valence-electron chi connectivity index (χ1n) is 21.5. The molecular formula is C45H74O15. The van der Waals surface area contributed by atoms with Crippen molar-refractivity contribution >= 4 is 29.7 Å². The molecule has 0 aliphatic carbocycles. The van der Waals surface area contributed by atoms with E-state index in [1.54, 1.807) is 14.0 Å². The van der Waals surface area contributed by atoms with Gasteiger partial charge in [0.25, 0.3) is 0 Å². The van der Waals surface area contributed by atoms with Gasteiger partial charge in [-0.15, -0.1) is 0 Å². The highest BCUT2D eigenvalue weighted by Gasteiger charge is 2.08. The molecular weight excluding hydrogens is 780 g/mol. The normalized spacial score (nSPS) is 10.5. The van der Waals surface area contributed by atoms with Crippen molar-refractivity contribution < 1.29 is 71.3 Å². The summed E-state index contributed by atoms with van der Waals surface area (Å²) in [5.74, 6) is -0.632. The van der Waals surface area contributed by atoms with E-state index in [0.717, 1.165) is 102 Å². The van der Waals surface area contributed by atoms with Gasteiger partial charge in [0.2, 0.25) is 5.78 Å². The maximum atomic E-state index is 11.7. The van der Waals surface area contributed by atoms with Gasteiger partial charge in [-0.2, -0.15) is 0 Å². The van der Waals surface area contributed by atoms with Gasteiger partial charge in [-0.05, 0) is 76.8 Å². The molecule has 15 nitrogen and oxygen atoms in total. The molecule has 0 aromatic heterocycles. The largest absolute Gasteiger partial charge is 0.497 e. The lowest BCUT2D eigenvalue weighted by molar-refractivity contribution is -0.153. The van der Waals surface area contributed by atoms with E-state index in [1.165, 1.54) is 6.92 Å². The first-order valence-corrected chi connectivity index (χ1v) is 21.5. The van der Waals surface area contributed by atoms with E-state index in [4.69, 9.17) is 47.4 Å². The fraction of sp³-hybridized carbons (Fsp3) is 0.711. The monoisotopic (exact) mass is 855 g/mol. The standard InChI is InChI=1S/C26H40O8.C19H34O7/c1-22(2)26(28)34-16-7-5-4-6-13-25(27)33-20-18-31-15-9-8-14-30-17-19-32-24-12-10-11-23(21-24)29-3;1-3-11-23-12-8-9-13-24-15-16-25-18(21)10-6-4-5-7-14-26-19(22)17(2)20/h10-12,21H,1,4-9,13-20H2,2-3H3;3-16H2,1-2H3. The third-order valence-corrected chi connectivity index (χ3v) is 8.17. The number of hydrogen-bond acceptors (Lipinski definition) is 15. The first kappa shape index (κ1) is 55.9. The van der Waals surface area contributed by atoms with Crippen molar-refractivity contribution in [3.05, 3.63) is 36.4 Å². The maximum absolute atomic E-state index is 11.7. The zero-order valence-corrected chi connectivity index (χ0v) is 36.9. The number of esters is 4. The number of Topliss-reactive ketones (excluding diaryl/α,β-unsaturated/α-hetero) is 1. The van der Waals surface area contributed by atoms with Crippen molar-refractivity contribution in [1.29, 1.82) is 0 Å². The number of hydrogen-bond donors (Lipinski definition) is 0. The Kier molecular flexibility index (Phi) is 38.9. The molecule has 0 fully saturated rings. The summed E-state index contributed by atoms with van der Waals surface area (Å²) < 4.78 is 52.6. The van der Waals surface area contributed by atoms with E-state index >= 15 is 0 Å². The predicted octanol–water partition coefficient (Wildman–Crippen LogP) is 7.34. The molecule has 0 unspecified atom stereocenters. The molecule has 0 bridgehead atoms. The number of methoxy groups -OCH3 is 1. The molecule has 0 heterocycles. The fourth-order valence-corrected chi connectivity index (χ4v) is 4.86. The van der Waals surface area contributed by atoms with Crippen molar-refractivity contribution in [3.8, 4) is 11.5 Å². The molecule has 0 saturated carbocycles. The van der Waals surface area contributed by atoms with Crippen molar-refractivity contribution in [3.63, 3.8) is 0 Å². The topological polar surface area (TPSA) is 178 Å². The van der Waals surface area contributed by atoms with Crippen molar-refractivity contribution in [2.75, 3.05) is 93.0 Å². The highest BCUT2D eigenvalue weighted by molar-refractivity contribution is 6.32. The van der Waals surface area contributed by atoms with E-state index < -0.39 is 11.8 Å². The highest BCUT2D eigenvalue weighted by Crippen LogP contribution is 2.18. The lowest BCUT2D eigenvalue weighted by Crippen LogP contribution is -2.14. The zero-order valence-electron chi connectivity index (χ0n) is 36.9. The van der Waals surface area contributed by atoms with Gasteiger partial charge in [-0.25, -0.2) is 9.59 Å². The predicted molar refractivity (Wildman–Crippen MR) is 226 cm³/mol. The average molecular weight is 855 g/mol. The van der Waals surface area contributed by atoms with Gasteiger partial charge >= 0.3 is 23.9 Å². The summed E-state index contributed by atoms with van der Waals surface area (Å²) in [5.41, 5.74) is 0.406. The molecule has 344 valence electrons. The summed E-state index contributed by atoms with van der Waals surface area (Å²) in [6, 6.07) is 7.47. The second-order valence-corrected chi connectivity index (χ2v) is 13.8. The minimum Gasteiger partial charge on any atom is -0.497 e. The molecule has 1 rings (SSSR count). The Balaban J connectivity index is 0.00000121. The first-order chi connectivity index (χ1) is 29.1. The maximum Gasteiger partial charge on any atom is 0.374 e. The smallest absolute Gasteiger partial charge is 0.374 e. The molecule has 0 radical (unpaired) electrons. The van der Waals surface area contributed by atoms with Crippen LogP contribution in [0.15, 0.2) is 36.4 Å². The Labute approximate surface area is 358 Å². The summed E-state index contributed by atoms with van der Waals surface area (Å²) >= 11 is 0. The van der Waals surface area contributed by atoms with Gasteiger partial charge < -0.3 is 47.4 Å². The van der Waals surface area contributed by atoms with Gasteiger partial charge in [-0.3, -0.25) is 14.4 Å². The van der Waals surface area contributed by atoms with Gasteiger partial charge in [0.15, 0.2) is 0 Å². The fourth-order valence-electron chi connectivity index (χ4n) is 4.86.